The Bertz CT molecular complexity index is 1070. The molecular weight excluding hydrogens is 454 g/mol. The van der Waals surface area contributed by atoms with Crippen molar-refractivity contribution in [1.29, 1.82) is 0 Å². The number of fused-ring (bicyclic) bond motifs is 1. The first-order valence-corrected chi connectivity index (χ1v) is 13.8. The lowest BCUT2D eigenvalue weighted by atomic mass is 10.1. The fourth-order valence-corrected chi connectivity index (χ4v) is 5.55. The molecule has 3 heterocycles. The van der Waals surface area contributed by atoms with Crippen LogP contribution < -0.4 is 0 Å². The van der Waals surface area contributed by atoms with Gasteiger partial charge in [0.15, 0.2) is 0 Å². The van der Waals surface area contributed by atoms with Crippen LogP contribution in [0.3, 0.4) is 0 Å². The molecule has 8 heteroatoms. The zero-order valence-corrected chi connectivity index (χ0v) is 22.2. The maximum absolute atomic E-state index is 4.92. The van der Waals surface area contributed by atoms with Crippen molar-refractivity contribution in [2.45, 2.75) is 59.2 Å². The van der Waals surface area contributed by atoms with Crippen molar-refractivity contribution in [3.05, 3.63) is 65.8 Å². The first-order valence-electron chi connectivity index (χ1n) is 12.9. The van der Waals surface area contributed by atoms with E-state index in [0.29, 0.717) is 0 Å². The zero-order valence-electron chi connectivity index (χ0n) is 21.4. The topological polar surface area (TPSA) is 65.3 Å². The fraction of sp³-hybridized carbons (Fsp3) is 0.519. The lowest BCUT2D eigenvalue weighted by Crippen LogP contribution is -2.27. The van der Waals surface area contributed by atoms with Crippen molar-refractivity contribution < 1.29 is 0 Å². The minimum atomic E-state index is 0.752. The Morgan fingerprint density at radius 1 is 1.00 bits per heavy atom. The summed E-state index contributed by atoms with van der Waals surface area (Å²) in [6, 6.07) is 6.75. The van der Waals surface area contributed by atoms with Crippen molar-refractivity contribution in [3.63, 3.8) is 0 Å². The van der Waals surface area contributed by atoms with Gasteiger partial charge in [-0.1, -0.05) is 26.0 Å². The fourth-order valence-electron chi connectivity index (χ4n) is 4.62. The Hall–Kier alpha value is -2.42. The molecule has 3 aromatic rings. The van der Waals surface area contributed by atoms with Crippen LogP contribution in [0.4, 0.5) is 5.69 Å². The Balaban J connectivity index is 1.31. The molecule has 35 heavy (non-hydrogen) atoms. The number of imidazole rings is 2. The molecule has 0 saturated heterocycles. The van der Waals surface area contributed by atoms with Crippen LogP contribution in [0, 0.1) is 0 Å². The minimum Gasteiger partial charge on any atom is -0.348 e. The van der Waals surface area contributed by atoms with E-state index in [1.54, 1.807) is 0 Å². The third kappa shape index (κ3) is 7.53. The van der Waals surface area contributed by atoms with Gasteiger partial charge in [-0.2, -0.15) is 0 Å². The molecule has 4 rings (SSSR count). The maximum atomic E-state index is 4.92. The number of nitrogens with zero attached hydrogens (tertiary/aromatic N) is 6. The molecule has 0 unspecified atom stereocenters. The van der Waals surface area contributed by atoms with Crippen molar-refractivity contribution in [1.82, 2.24) is 29.3 Å². The van der Waals surface area contributed by atoms with Gasteiger partial charge in [-0.3, -0.25) is 4.90 Å². The number of hydrogen-bond donors (Lipinski definition) is 1. The van der Waals surface area contributed by atoms with Gasteiger partial charge in [-0.05, 0) is 56.1 Å². The average Bonchev–Trinajstić information content (AvgIpc) is 3.59. The van der Waals surface area contributed by atoms with Gasteiger partial charge in [0, 0.05) is 50.6 Å². The molecule has 0 atom stereocenters. The second kappa shape index (κ2) is 13.0. The van der Waals surface area contributed by atoms with Gasteiger partial charge in [0.2, 0.25) is 0 Å². The van der Waals surface area contributed by atoms with E-state index in [1.165, 1.54) is 55.1 Å². The second-order valence-electron chi connectivity index (χ2n) is 9.32. The summed E-state index contributed by atoms with van der Waals surface area (Å²) in [7, 11) is 2.05. The monoisotopic (exact) mass is 493 g/mol. The SMILES string of the molecule is CCCN(CCC)CCCSC1=Nc2ccc(CN(Cc3ncc[nH]3)Cc3nccn3C)cc2C1. The summed E-state index contributed by atoms with van der Waals surface area (Å²) in [5.74, 6) is 3.17. The van der Waals surface area contributed by atoms with Crippen LogP contribution in [0.2, 0.25) is 0 Å². The van der Waals surface area contributed by atoms with E-state index >= 15 is 0 Å². The molecule has 0 radical (unpaired) electrons. The molecule has 0 aliphatic carbocycles. The smallest absolute Gasteiger partial charge is 0.122 e. The van der Waals surface area contributed by atoms with Crippen molar-refractivity contribution in [2.24, 2.45) is 12.0 Å². The molecule has 1 aliphatic rings. The van der Waals surface area contributed by atoms with Gasteiger partial charge >= 0.3 is 0 Å². The molecule has 0 amide bonds. The maximum Gasteiger partial charge on any atom is 0.122 e. The lowest BCUT2D eigenvalue weighted by molar-refractivity contribution is 0.233. The minimum absolute atomic E-state index is 0.752. The van der Waals surface area contributed by atoms with Gasteiger partial charge in [-0.15, -0.1) is 11.8 Å². The standard InChI is InChI=1S/C27H39N7S/c1-4-12-33(13-5-2)14-6-16-35-27-18-23-17-22(7-8-24(23)31-27)19-34(20-25-28-9-10-29-25)21-26-30-11-15-32(26)3/h7-11,15,17H,4-6,12-14,16,18-21H2,1-3H3,(H,28,29). The number of nitrogens with one attached hydrogen (secondary N) is 1. The Kier molecular flexibility index (Phi) is 9.57. The number of benzene rings is 1. The summed E-state index contributed by atoms with van der Waals surface area (Å²) < 4.78 is 2.08. The number of thioether (sulfide) groups is 1. The van der Waals surface area contributed by atoms with E-state index in [9.17, 15) is 0 Å². The predicted molar refractivity (Wildman–Crippen MR) is 146 cm³/mol. The second-order valence-corrected chi connectivity index (χ2v) is 10.5. The normalized spacial score (nSPS) is 13.1. The van der Waals surface area contributed by atoms with Crippen LogP contribution in [-0.4, -0.2) is 59.7 Å². The highest BCUT2D eigenvalue weighted by Crippen LogP contribution is 2.31. The van der Waals surface area contributed by atoms with Crippen LogP contribution in [-0.2, 0) is 33.1 Å². The summed E-state index contributed by atoms with van der Waals surface area (Å²) in [5.41, 5.74) is 3.79. The van der Waals surface area contributed by atoms with E-state index in [1.807, 2.05) is 43.6 Å². The number of rotatable bonds is 14. The highest BCUT2D eigenvalue weighted by molar-refractivity contribution is 8.14. The summed E-state index contributed by atoms with van der Waals surface area (Å²) in [6.07, 6.45) is 12.2. The Morgan fingerprint density at radius 3 is 2.57 bits per heavy atom. The number of aryl methyl sites for hydroxylation is 1. The number of aromatic amines is 1. The average molecular weight is 494 g/mol. The third-order valence-electron chi connectivity index (χ3n) is 6.32. The molecule has 7 nitrogen and oxygen atoms in total. The summed E-state index contributed by atoms with van der Waals surface area (Å²) in [5, 5.41) is 1.26. The summed E-state index contributed by atoms with van der Waals surface area (Å²) in [6.45, 7) is 10.5. The molecule has 1 aliphatic heterocycles. The van der Waals surface area contributed by atoms with E-state index < -0.39 is 0 Å². The molecule has 0 bridgehead atoms. The van der Waals surface area contributed by atoms with E-state index in [2.05, 4.69) is 61.4 Å². The lowest BCUT2D eigenvalue weighted by Gasteiger charge is -2.21. The van der Waals surface area contributed by atoms with E-state index in [4.69, 9.17) is 4.99 Å². The molecular formula is C27H39N7S. The van der Waals surface area contributed by atoms with E-state index in [0.717, 1.165) is 49.1 Å². The Labute approximate surface area is 214 Å². The van der Waals surface area contributed by atoms with Gasteiger partial charge in [0.05, 0.1) is 23.8 Å². The van der Waals surface area contributed by atoms with Crippen molar-refractivity contribution in [2.75, 3.05) is 25.4 Å². The van der Waals surface area contributed by atoms with Crippen LogP contribution >= 0.6 is 11.8 Å². The largest absolute Gasteiger partial charge is 0.348 e. The highest BCUT2D eigenvalue weighted by Gasteiger charge is 2.18. The molecule has 0 spiro atoms. The van der Waals surface area contributed by atoms with Crippen molar-refractivity contribution in [3.8, 4) is 0 Å². The summed E-state index contributed by atoms with van der Waals surface area (Å²) >= 11 is 1.94. The number of aliphatic imine (C=N–C) groups is 1. The van der Waals surface area contributed by atoms with Gasteiger partial charge in [-0.25, -0.2) is 15.0 Å². The van der Waals surface area contributed by atoms with Crippen LogP contribution in [0.25, 0.3) is 0 Å². The van der Waals surface area contributed by atoms with Crippen molar-refractivity contribution >= 4 is 22.5 Å². The predicted octanol–water partition coefficient (Wildman–Crippen LogP) is 5.18. The molecule has 0 fully saturated rings. The number of H-pyrrole nitrogens is 1. The van der Waals surface area contributed by atoms with Gasteiger partial charge < -0.3 is 14.5 Å². The number of hydrogen-bond acceptors (Lipinski definition) is 6. The molecule has 2 aromatic heterocycles. The van der Waals surface area contributed by atoms with Crippen LogP contribution in [0.5, 0.6) is 0 Å². The van der Waals surface area contributed by atoms with E-state index in [-0.39, 0.29) is 0 Å². The quantitative estimate of drug-likeness (QED) is 0.314. The zero-order chi connectivity index (χ0) is 24.5. The van der Waals surface area contributed by atoms with Crippen LogP contribution in [0.1, 0.15) is 55.9 Å². The summed E-state index contributed by atoms with van der Waals surface area (Å²) in [4.78, 5) is 22.1. The van der Waals surface area contributed by atoms with Gasteiger partial charge in [0.25, 0.3) is 0 Å². The first-order chi connectivity index (χ1) is 17.1. The third-order valence-corrected chi connectivity index (χ3v) is 7.38. The molecule has 1 N–H and O–H groups in total. The molecule has 1 aromatic carbocycles. The molecule has 0 saturated carbocycles. The van der Waals surface area contributed by atoms with Crippen LogP contribution in [0.15, 0.2) is 48.0 Å². The highest BCUT2D eigenvalue weighted by atomic mass is 32.2. The molecule has 188 valence electrons. The number of aromatic nitrogens is 4. The first kappa shape index (κ1) is 25.7. The van der Waals surface area contributed by atoms with Gasteiger partial charge in [0.1, 0.15) is 11.6 Å². The Morgan fingerprint density at radius 2 is 1.86 bits per heavy atom.